The molecule has 1 atom stereocenters. The van der Waals surface area contributed by atoms with Gasteiger partial charge < -0.3 is 9.47 Å². The maximum atomic E-state index is 11.5. The van der Waals surface area contributed by atoms with Gasteiger partial charge in [-0.2, -0.15) is 0 Å². The minimum atomic E-state index is -0.0161. The van der Waals surface area contributed by atoms with Crippen molar-refractivity contribution < 1.29 is 14.3 Å². The average Bonchev–Trinajstić information content (AvgIpc) is 2.95. The summed E-state index contributed by atoms with van der Waals surface area (Å²) in [7, 11) is 0. The fourth-order valence-electron chi connectivity index (χ4n) is 2.65. The third-order valence-corrected chi connectivity index (χ3v) is 3.94. The first-order valence-electron chi connectivity index (χ1n) is 8.60. The van der Waals surface area contributed by atoms with Crippen LogP contribution in [0, 0.1) is 0 Å². The molecule has 0 spiro atoms. The van der Waals surface area contributed by atoms with Crippen LogP contribution in [0.2, 0.25) is 0 Å². The molecule has 3 nitrogen and oxygen atoms in total. The highest BCUT2D eigenvalue weighted by Gasteiger charge is 2.14. The van der Waals surface area contributed by atoms with Crippen LogP contribution in [0.3, 0.4) is 0 Å². The van der Waals surface area contributed by atoms with Gasteiger partial charge in [0.05, 0.1) is 12.7 Å². The Kier molecular flexibility index (Phi) is 10.7. The fraction of sp³-hybridized carbons (Fsp3) is 0.941. The molecule has 0 aromatic rings. The first-order valence-corrected chi connectivity index (χ1v) is 8.60. The Morgan fingerprint density at radius 3 is 2.65 bits per heavy atom. The molecule has 0 bridgehead atoms. The minimum absolute atomic E-state index is 0.0161. The van der Waals surface area contributed by atoms with E-state index in [9.17, 15) is 4.79 Å². The normalized spacial score (nSPS) is 18.4. The second-order valence-corrected chi connectivity index (χ2v) is 5.87. The summed E-state index contributed by atoms with van der Waals surface area (Å²) in [5.41, 5.74) is 0. The predicted molar refractivity (Wildman–Crippen MR) is 81.8 cm³/mol. The molecule has 1 saturated heterocycles. The molecule has 0 amide bonds. The van der Waals surface area contributed by atoms with Gasteiger partial charge in [-0.15, -0.1) is 0 Å². The Morgan fingerprint density at radius 1 is 1.10 bits per heavy atom. The maximum Gasteiger partial charge on any atom is 0.305 e. The summed E-state index contributed by atoms with van der Waals surface area (Å²) in [4.78, 5) is 11.5. The summed E-state index contributed by atoms with van der Waals surface area (Å²) in [5.74, 6) is -0.0161. The summed E-state index contributed by atoms with van der Waals surface area (Å²) < 4.78 is 10.8. The molecule has 0 aromatic heterocycles. The molecule has 1 rings (SSSR count). The van der Waals surface area contributed by atoms with Crippen LogP contribution < -0.4 is 0 Å². The van der Waals surface area contributed by atoms with Crippen molar-refractivity contribution >= 4 is 5.97 Å². The van der Waals surface area contributed by atoms with Gasteiger partial charge in [-0.3, -0.25) is 4.79 Å². The monoisotopic (exact) mass is 284 g/mol. The van der Waals surface area contributed by atoms with Crippen molar-refractivity contribution in [2.24, 2.45) is 0 Å². The first kappa shape index (κ1) is 17.5. The summed E-state index contributed by atoms with van der Waals surface area (Å²) >= 11 is 0. The van der Waals surface area contributed by atoms with Crippen molar-refractivity contribution in [1.29, 1.82) is 0 Å². The maximum absolute atomic E-state index is 11.5. The summed E-state index contributed by atoms with van der Waals surface area (Å²) in [6, 6.07) is 0. The standard InChI is InChI=1S/C17H32O3/c1-2-3-4-5-6-7-13-17(18)20-14-9-8-11-16-12-10-15-19-16/h16H,2-15H2,1H3/t16-/m0/s1. The lowest BCUT2D eigenvalue weighted by Gasteiger charge is -2.09. The second kappa shape index (κ2) is 12.2. The van der Waals surface area contributed by atoms with E-state index in [4.69, 9.17) is 9.47 Å². The van der Waals surface area contributed by atoms with Crippen LogP contribution in [0.25, 0.3) is 0 Å². The Hall–Kier alpha value is -0.570. The van der Waals surface area contributed by atoms with Crippen molar-refractivity contribution in [2.45, 2.75) is 90.1 Å². The lowest BCUT2D eigenvalue weighted by Crippen LogP contribution is -2.08. The van der Waals surface area contributed by atoms with Gasteiger partial charge in [0.25, 0.3) is 0 Å². The first-order chi connectivity index (χ1) is 9.83. The van der Waals surface area contributed by atoms with Crippen molar-refractivity contribution in [2.75, 3.05) is 13.2 Å². The van der Waals surface area contributed by atoms with Crippen LogP contribution in [-0.4, -0.2) is 25.3 Å². The topological polar surface area (TPSA) is 35.5 Å². The van der Waals surface area contributed by atoms with Gasteiger partial charge in [0.1, 0.15) is 0 Å². The van der Waals surface area contributed by atoms with E-state index in [0.717, 1.165) is 38.7 Å². The van der Waals surface area contributed by atoms with E-state index in [1.807, 2.05) is 0 Å². The van der Waals surface area contributed by atoms with E-state index in [-0.39, 0.29) is 5.97 Å². The fourth-order valence-corrected chi connectivity index (χ4v) is 2.65. The average molecular weight is 284 g/mol. The van der Waals surface area contributed by atoms with Gasteiger partial charge in [0.2, 0.25) is 0 Å². The molecule has 20 heavy (non-hydrogen) atoms. The Bertz CT molecular complexity index is 234. The summed E-state index contributed by atoms with van der Waals surface area (Å²) in [6.07, 6.45) is 14.0. The molecular weight excluding hydrogens is 252 g/mol. The molecule has 0 aromatic carbocycles. The van der Waals surface area contributed by atoms with Crippen molar-refractivity contribution in [1.82, 2.24) is 0 Å². The largest absolute Gasteiger partial charge is 0.466 e. The predicted octanol–water partition coefficient (Wildman–Crippen LogP) is 4.63. The quantitative estimate of drug-likeness (QED) is 0.387. The molecule has 0 unspecified atom stereocenters. The lowest BCUT2D eigenvalue weighted by atomic mass is 10.1. The summed E-state index contributed by atoms with van der Waals surface area (Å²) in [5, 5.41) is 0. The number of hydrogen-bond acceptors (Lipinski definition) is 3. The van der Waals surface area contributed by atoms with Gasteiger partial charge in [0, 0.05) is 13.0 Å². The smallest absolute Gasteiger partial charge is 0.305 e. The van der Waals surface area contributed by atoms with Gasteiger partial charge in [-0.1, -0.05) is 39.0 Å². The van der Waals surface area contributed by atoms with Crippen LogP contribution in [0.1, 0.15) is 84.0 Å². The van der Waals surface area contributed by atoms with E-state index in [1.54, 1.807) is 0 Å². The zero-order chi connectivity index (χ0) is 14.5. The molecule has 1 heterocycles. The molecule has 0 aliphatic carbocycles. The molecule has 1 aliphatic rings. The number of ether oxygens (including phenoxy) is 2. The molecule has 3 heteroatoms. The molecular formula is C17H32O3. The number of esters is 1. The zero-order valence-electron chi connectivity index (χ0n) is 13.2. The Labute approximate surface area is 124 Å². The van der Waals surface area contributed by atoms with Crippen LogP contribution in [-0.2, 0) is 14.3 Å². The minimum Gasteiger partial charge on any atom is -0.466 e. The second-order valence-electron chi connectivity index (χ2n) is 5.87. The molecule has 118 valence electrons. The Balaban J connectivity index is 1.80. The third kappa shape index (κ3) is 9.35. The van der Waals surface area contributed by atoms with E-state index in [1.165, 1.54) is 38.5 Å². The van der Waals surface area contributed by atoms with Gasteiger partial charge >= 0.3 is 5.97 Å². The van der Waals surface area contributed by atoms with Gasteiger partial charge in [0.15, 0.2) is 0 Å². The van der Waals surface area contributed by atoms with E-state index in [0.29, 0.717) is 19.1 Å². The Morgan fingerprint density at radius 2 is 1.90 bits per heavy atom. The molecule has 0 radical (unpaired) electrons. The van der Waals surface area contributed by atoms with Crippen LogP contribution in [0.4, 0.5) is 0 Å². The van der Waals surface area contributed by atoms with E-state index in [2.05, 4.69) is 6.92 Å². The summed E-state index contributed by atoms with van der Waals surface area (Å²) in [6.45, 7) is 3.73. The van der Waals surface area contributed by atoms with Crippen LogP contribution in [0.5, 0.6) is 0 Å². The number of hydrogen-bond donors (Lipinski definition) is 0. The molecule has 1 fully saturated rings. The number of carbonyl (C=O) groups is 1. The van der Waals surface area contributed by atoms with Gasteiger partial charge in [-0.05, 0) is 38.5 Å². The highest BCUT2D eigenvalue weighted by atomic mass is 16.5. The number of rotatable bonds is 12. The lowest BCUT2D eigenvalue weighted by molar-refractivity contribution is -0.143. The van der Waals surface area contributed by atoms with Crippen LogP contribution in [0.15, 0.2) is 0 Å². The molecule has 0 N–H and O–H groups in total. The van der Waals surface area contributed by atoms with Crippen molar-refractivity contribution in [3.05, 3.63) is 0 Å². The molecule has 0 saturated carbocycles. The van der Waals surface area contributed by atoms with Crippen molar-refractivity contribution in [3.63, 3.8) is 0 Å². The molecule has 1 aliphatic heterocycles. The van der Waals surface area contributed by atoms with Gasteiger partial charge in [-0.25, -0.2) is 0 Å². The third-order valence-electron chi connectivity index (χ3n) is 3.94. The zero-order valence-corrected chi connectivity index (χ0v) is 13.2. The van der Waals surface area contributed by atoms with Crippen molar-refractivity contribution in [3.8, 4) is 0 Å². The number of carbonyl (C=O) groups excluding carboxylic acids is 1. The highest BCUT2D eigenvalue weighted by molar-refractivity contribution is 5.69. The number of unbranched alkanes of at least 4 members (excludes halogenated alkanes) is 6. The van der Waals surface area contributed by atoms with Crippen LogP contribution >= 0.6 is 0 Å². The highest BCUT2D eigenvalue weighted by Crippen LogP contribution is 2.17. The SMILES string of the molecule is CCCCCCCCC(=O)OCCCC[C@H]1CCCO1. The van der Waals surface area contributed by atoms with E-state index < -0.39 is 0 Å². The van der Waals surface area contributed by atoms with E-state index >= 15 is 0 Å².